The maximum absolute atomic E-state index is 11.1. The smallest absolute Gasteiger partial charge is 0.252 e. The highest BCUT2D eigenvalue weighted by Crippen LogP contribution is 2.20. The van der Waals surface area contributed by atoms with Crippen molar-refractivity contribution < 1.29 is 18.8 Å². The Morgan fingerprint density at radius 1 is 1.39 bits per heavy atom. The van der Waals surface area contributed by atoms with Crippen LogP contribution in [-0.2, 0) is 16.1 Å². The number of hydrogen-bond donors (Lipinski definition) is 0. The van der Waals surface area contributed by atoms with Crippen molar-refractivity contribution >= 4 is 5.91 Å². The lowest BCUT2D eigenvalue weighted by molar-refractivity contribution is -0.144. The van der Waals surface area contributed by atoms with Crippen LogP contribution in [0.2, 0.25) is 0 Å². The van der Waals surface area contributed by atoms with Crippen LogP contribution in [0.25, 0.3) is 0 Å². The van der Waals surface area contributed by atoms with Gasteiger partial charge in [0.05, 0.1) is 6.10 Å². The maximum Gasteiger partial charge on any atom is 0.252 e. The highest BCUT2D eigenvalue weighted by atomic mass is 16.5. The number of rotatable bonds is 6. The first-order chi connectivity index (χ1) is 11.1. The summed E-state index contributed by atoms with van der Waals surface area (Å²) < 4.78 is 16.5. The molecule has 0 aliphatic carbocycles. The van der Waals surface area contributed by atoms with E-state index in [4.69, 9.17) is 14.0 Å². The summed E-state index contributed by atoms with van der Waals surface area (Å²) in [6, 6.07) is 9.48. The molecule has 1 amide bonds. The number of para-hydroxylation sites is 1. The fraction of sp³-hybridized carbons (Fsp3) is 0.438. The summed E-state index contributed by atoms with van der Waals surface area (Å²) in [5, 5.41) is 3.92. The Bertz CT molecular complexity index is 652. The van der Waals surface area contributed by atoms with E-state index < -0.39 is 0 Å². The minimum atomic E-state index is -0.313. The van der Waals surface area contributed by atoms with Crippen molar-refractivity contribution in [2.75, 3.05) is 13.1 Å². The largest absolute Gasteiger partial charge is 0.483 e. The molecular formula is C16H19N3O4. The van der Waals surface area contributed by atoms with E-state index in [-0.39, 0.29) is 24.7 Å². The van der Waals surface area contributed by atoms with E-state index in [0.29, 0.717) is 24.8 Å². The number of amides is 1. The molecule has 3 rings (SSSR count). The van der Waals surface area contributed by atoms with Gasteiger partial charge in [-0.3, -0.25) is 4.79 Å². The number of carbonyl (C=O) groups excluding carboxylic acids is 1. The molecule has 0 saturated carbocycles. The Labute approximate surface area is 134 Å². The van der Waals surface area contributed by atoms with Crippen LogP contribution in [0.4, 0.5) is 0 Å². The molecule has 1 aromatic heterocycles. The molecule has 2 aromatic rings. The van der Waals surface area contributed by atoms with Gasteiger partial charge >= 0.3 is 0 Å². The second-order valence-corrected chi connectivity index (χ2v) is 5.48. The van der Waals surface area contributed by atoms with E-state index in [1.807, 2.05) is 37.3 Å². The van der Waals surface area contributed by atoms with Crippen LogP contribution >= 0.6 is 0 Å². The molecule has 7 nitrogen and oxygen atoms in total. The summed E-state index contributed by atoms with van der Waals surface area (Å²) in [7, 11) is 0. The molecule has 7 heteroatoms. The first-order valence-corrected chi connectivity index (χ1v) is 7.53. The second-order valence-electron chi connectivity index (χ2n) is 5.48. The minimum Gasteiger partial charge on any atom is -0.483 e. The molecular weight excluding hydrogens is 298 g/mol. The molecule has 0 radical (unpaired) electrons. The molecule has 1 aliphatic heterocycles. The van der Waals surface area contributed by atoms with Crippen LogP contribution in [0.15, 0.2) is 34.9 Å². The van der Waals surface area contributed by atoms with E-state index in [9.17, 15) is 4.79 Å². The first-order valence-electron chi connectivity index (χ1n) is 7.53. The average molecular weight is 317 g/mol. The molecule has 1 saturated heterocycles. The molecule has 122 valence electrons. The van der Waals surface area contributed by atoms with Crippen LogP contribution in [0, 0.1) is 0 Å². The number of hydrogen-bond acceptors (Lipinski definition) is 6. The summed E-state index contributed by atoms with van der Waals surface area (Å²) in [6.07, 6.45) is -0.279. The predicted molar refractivity (Wildman–Crippen MR) is 80.6 cm³/mol. The van der Waals surface area contributed by atoms with Crippen LogP contribution in [0.3, 0.4) is 0 Å². The van der Waals surface area contributed by atoms with Gasteiger partial charge in [0.15, 0.2) is 6.10 Å². The molecule has 1 unspecified atom stereocenters. The Morgan fingerprint density at radius 3 is 2.83 bits per heavy atom. The monoisotopic (exact) mass is 317 g/mol. The molecule has 1 aromatic carbocycles. The summed E-state index contributed by atoms with van der Waals surface area (Å²) in [5.41, 5.74) is 0. The fourth-order valence-electron chi connectivity index (χ4n) is 2.24. The number of nitrogens with zero attached hydrogens (tertiary/aromatic N) is 3. The molecule has 1 atom stereocenters. The lowest BCUT2D eigenvalue weighted by Crippen LogP contribution is -2.53. The van der Waals surface area contributed by atoms with Crippen LogP contribution in [-0.4, -0.2) is 40.1 Å². The predicted octanol–water partition coefficient (Wildman–Crippen LogP) is 1.96. The molecule has 0 N–H and O–H groups in total. The van der Waals surface area contributed by atoms with Crippen molar-refractivity contribution in [3.8, 4) is 5.75 Å². The van der Waals surface area contributed by atoms with Gasteiger partial charge in [-0.15, -0.1) is 0 Å². The van der Waals surface area contributed by atoms with E-state index in [1.54, 1.807) is 11.8 Å². The average Bonchev–Trinajstić information content (AvgIpc) is 2.95. The number of benzene rings is 1. The van der Waals surface area contributed by atoms with Crippen molar-refractivity contribution in [3.05, 3.63) is 42.0 Å². The van der Waals surface area contributed by atoms with Crippen molar-refractivity contribution in [1.29, 1.82) is 0 Å². The Kier molecular flexibility index (Phi) is 4.57. The summed E-state index contributed by atoms with van der Waals surface area (Å²) in [5.74, 6) is 1.70. The second kappa shape index (κ2) is 6.78. The third kappa shape index (κ3) is 3.87. The van der Waals surface area contributed by atoms with Crippen LogP contribution < -0.4 is 4.74 Å². The number of carbonyl (C=O) groups is 1. The zero-order valence-electron chi connectivity index (χ0n) is 13.1. The number of aromatic nitrogens is 2. The van der Waals surface area contributed by atoms with Gasteiger partial charge in [0, 0.05) is 20.0 Å². The molecule has 0 bridgehead atoms. The van der Waals surface area contributed by atoms with Crippen LogP contribution in [0.5, 0.6) is 5.75 Å². The number of likely N-dealkylation sites (tertiary alicyclic amines) is 1. The third-order valence-electron chi connectivity index (χ3n) is 3.64. The zero-order valence-corrected chi connectivity index (χ0v) is 13.1. The highest BCUT2D eigenvalue weighted by Gasteiger charge is 2.29. The minimum absolute atomic E-state index is 0.0345. The molecule has 1 aliphatic rings. The fourth-order valence-corrected chi connectivity index (χ4v) is 2.24. The molecule has 1 fully saturated rings. The quantitative estimate of drug-likeness (QED) is 0.810. The van der Waals surface area contributed by atoms with Gasteiger partial charge in [0.1, 0.15) is 12.4 Å². The zero-order chi connectivity index (χ0) is 16.2. The van der Waals surface area contributed by atoms with E-state index >= 15 is 0 Å². The van der Waals surface area contributed by atoms with E-state index in [2.05, 4.69) is 10.1 Å². The van der Waals surface area contributed by atoms with Crippen molar-refractivity contribution in [2.45, 2.75) is 32.7 Å². The van der Waals surface area contributed by atoms with Gasteiger partial charge in [0.25, 0.3) is 5.89 Å². The van der Waals surface area contributed by atoms with E-state index in [0.717, 1.165) is 5.75 Å². The van der Waals surface area contributed by atoms with Gasteiger partial charge in [-0.05, 0) is 19.1 Å². The first kappa shape index (κ1) is 15.5. The summed E-state index contributed by atoms with van der Waals surface area (Å²) >= 11 is 0. The molecule has 23 heavy (non-hydrogen) atoms. The van der Waals surface area contributed by atoms with Crippen molar-refractivity contribution in [3.63, 3.8) is 0 Å². The lowest BCUT2D eigenvalue weighted by Gasteiger charge is -2.37. The Balaban J connectivity index is 1.47. The van der Waals surface area contributed by atoms with Gasteiger partial charge in [-0.25, -0.2) is 0 Å². The summed E-state index contributed by atoms with van der Waals surface area (Å²) in [6.45, 7) is 4.88. The Morgan fingerprint density at radius 2 is 2.13 bits per heavy atom. The Hall–Kier alpha value is -2.41. The van der Waals surface area contributed by atoms with Gasteiger partial charge in [-0.2, -0.15) is 4.98 Å². The molecule has 0 spiro atoms. The van der Waals surface area contributed by atoms with Gasteiger partial charge < -0.3 is 18.9 Å². The van der Waals surface area contributed by atoms with Crippen LogP contribution in [0.1, 0.15) is 31.7 Å². The van der Waals surface area contributed by atoms with Crippen molar-refractivity contribution in [2.24, 2.45) is 0 Å². The maximum atomic E-state index is 11.1. The topological polar surface area (TPSA) is 77.7 Å². The normalized spacial score (nSPS) is 16.0. The van der Waals surface area contributed by atoms with Crippen molar-refractivity contribution in [1.82, 2.24) is 15.0 Å². The van der Waals surface area contributed by atoms with E-state index in [1.165, 1.54) is 0 Å². The SMILES string of the molecule is CC(=O)N1CC(OCc2nc(C(C)Oc3ccccc3)no2)C1. The molecule has 2 heterocycles. The lowest BCUT2D eigenvalue weighted by atomic mass is 10.2. The third-order valence-corrected chi connectivity index (χ3v) is 3.64. The van der Waals surface area contributed by atoms with Gasteiger partial charge in [0.2, 0.25) is 11.7 Å². The number of ether oxygens (including phenoxy) is 2. The van der Waals surface area contributed by atoms with Gasteiger partial charge in [-0.1, -0.05) is 23.4 Å². The highest BCUT2D eigenvalue weighted by molar-refractivity contribution is 5.74. The summed E-state index contributed by atoms with van der Waals surface area (Å²) in [4.78, 5) is 17.1. The standard InChI is InChI=1S/C16H19N3O4/c1-11(22-13-6-4-3-5-7-13)16-17-15(23-18-16)10-21-14-8-19(9-14)12(2)20/h3-7,11,14H,8-10H2,1-2H3.